The number of benzene rings is 1. The Morgan fingerprint density at radius 3 is 2.58 bits per heavy atom. The van der Waals surface area contributed by atoms with Crippen molar-refractivity contribution in [2.45, 2.75) is 0 Å². The van der Waals surface area contributed by atoms with E-state index >= 15 is 0 Å². The molecule has 2 heterocycles. The van der Waals surface area contributed by atoms with Gasteiger partial charge in [0.1, 0.15) is 10.7 Å². The van der Waals surface area contributed by atoms with Crippen molar-refractivity contribution in [3.8, 4) is 10.6 Å². The van der Waals surface area contributed by atoms with Crippen molar-refractivity contribution in [3.05, 3.63) is 52.2 Å². The predicted molar refractivity (Wildman–Crippen MR) is 97.9 cm³/mol. The standard InChI is InChI=1S/C16H14N4O2S2/c1-17-16(22)19-12-4-2-3-11(7-12)18-14(21)13-9-24-15(20-13)10-5-6-23-8-10/h2-9H,1H3,(H,18,21)(H2,17,19,22). The monoisotopic (exact) mass is 358 g/mol. The molecule has 0 radical (unpaired) electrons. The van der Waals surface area contributed by atoms with E-state index in [-0.39, 0.29) is 11.9 Å². The van der Waals surface area contributed by atoms with Crippen molar-refractivity contribution in [2.24, 2.45) is 0 Å². The molecule has 3 amide bonds. The molecule has 122 valence electrons. The maximum Gasteiger partial charge on any atom is 0.318 e. The second-order valence-electron chi connectivity index (χ2n) is 4.79. The zero-order valence-electron chi connectivity index (χ0n) is 12.7. The van der Waals surface area contributed by atoms with Gasteiger partial charge in [0.15, 0.2) is 0 Å². The zero-order chi connectivity index (χ0) is 16.9. The molecular formula is C16H14N4O2S2. The minimum atomic E-state index is -0.321. The molecule has 2 aromatic heterocycles. The maximum atomic E-state index is 12.3. The minimum absolute atomic E-state index is 0.287. The van der Waals surface area contributed by atoms with E-state index in [1.807, 2.05) is 16.8 Å². The Labute approximate surface area is 146 Å². The SMILES string of the molecule is CNC(=O)Nc1cccc(NC(=O)c2csc(-c3ccsc3)n2)c1. The van der Waals surface area contributed by atoms with Gasteiger partial charge in [-0.25, -0.2) is 9.78 Å². The molecule has 0 aliphatic rings. The molecule has 0 saturated carbocycles. The molecular weight excluding hydrogens is 344 g/mol. The van der Waals surface area contributed by atoms with E-state index in [1.165, 1.54) is 18.4 Å². The maximum absolute atomic E-state index is 12.3. The third kappa shape index (κ3) is 3.79. The number of urea groups is 1. The van der Waals surface area contributed by atoms with Crippen molar-refractivity contribution in [1.82, 2.24) is 10.3 Å². The fraction of sp³-hybridized carbons (Fsp3) is 0.0625. The number of nitrogens with one attached hydrogen (secondary N) is 3. The number of thiazole rings is 1. The Morgan fingerprint density at radius 1 is 1.08 bits per heavy atom. The van der Waals surface area contributed by atoms with Gasteiger partial charge < -0.3 is 16.0 Å². The number of carbonyl (C=O) groups is 2. The molecule has 0 bridgehead atoms. The van der Waals surface area contributed by atoms with Gasteiger partial charge in [0, 0.05) is 34.7 Å². The van der Waals surface area contributed by atoms with Crippen LogP contribution in [0.2, 0.25) is 0 Å². The van der Waals surface area contributed by atoms with Gasteiger partial charge in [-0.05, 0) is 29.6 Å². The van der Waals surface area contributed by atoms with E-state index in [0.29, 0.717) is 17.1 Å². The van der Waals surface area contributed by atoms with Crippen LogP contribution in [0.4, 0.5) is 16.2 Å². The molecule has 0 saturated heterocycles. The van der Waals surface area contributed by atoms with Gasteiger partial charge >= 0.3 is 6.03 Å². The summed E-state index contributed by atoms with van der Waals surface area (Å²) in [5, 5.41) is 14.4. The molecule has 0 fully saturated rings. The van der Waals surface area contributed by atoms with E-state index in [1.54, 1.807) is 41.0 Å². The number of hydrogen-bond acceptors (Lipinski definition) is 5. The molecule has 8 heteroatoms. The van der Waals surface area contributed by atoms with Gasteiger partial charge in [-0.1, -0.05) is 6.07 Å². The first kappa shape index (κ1) is 16.2. The summed E-state index contributed by atoms with van der Waals surface area (Å²) in [5.74, 6) is -0.287. The predicted octanol–water partition coefficient (Wildman–Crippen LogP) is 3.88. The summed E-state index contributed by atoms with van der Waals surface area (Å²) in [6, 6.07) is 8.57. The van der Waals surface area contributed by atoms with Crippen LogP contribution in [0.3, 0.4) is 0 Å². The fourth-order valence-electron chi connectivity index (χ4n) is 1.96. The summed E-state index contributed by atoms with van der Waals surface area (Å²) in [5.41, 5.74) is 2.55. The summed E-state index contributed by atoms with van der Waals surface area (Å²) >= 11 is 3.02. The van der Waals surface area contributed by atoms with E-state index < -0.39 is 0 Å². The first-order chi connectivity index (χ1) is 11.7. The number of thiophene rings is 1. The second kappa shape index (κ2) is 7.24. The highest BCUT2D eigenvalue weighted by atomic mass is 32.1. The lowest BCUT2D eigenvalue weighted by Gasteiger charge is -2.07. The topological polar surface area (TPSA) is 83.1 Å². The molecule has 0 aliphatic heterocycles. The lowest BCUT2D eigenvalue weighted by molar-refractivity contribution is 0.102. The van der Waals surface area contributed by atoms with Gasteiger partial charge in [0.25, 0.3) is 5.91 Å². The third-order valence-electron chi connectivity index (χ3n) is 3.11. The molecule has 6 nitrogen and oxygen atoms in total. The van der Waals surface area contributed by atoms with Crippen molar-refractivity contribution >= 4 is 46.0 Å². The second-order valence-corrected chi connectivity index (χ2v) is 6.43. The molecule has 3 N–H and O–H groups in total. The fourth-order valence-corrected chi connectivity index (χ4v) is 3.47. The molecule has 0 spiro atoms. The highest BCUT2D eigenvalue weighted by Gasteiger charge is 2.12. The summed E-state index contributed by atoms with van der Waals surface area (Å²) in [6.45, 7) is 0. The van der Waals surface area contributed by atoms with E-state index in [2.05, 4.69) is 20.9 Å². The largest absolute Gasteiger partial charge is 0.341 e. The van der Waals surface area contributed by atoms with Crippen LogP contribution in [0.1, 0.15) is 10.5 Å². The van der Waals surface area contributed by atoms with E-state index in [0.717, 1.165) is 10.6 Å². The van der Waals surface area contributed by atoms with Crippen LogP contribution >= 0.6 is 22.7 Å². The highest BCUT2D eigenvalue weighted by molar-refractivity contribution is 7.14. The van der Waals surface area contributed by atoms with Crippen LogP contribution in [0.15, 0.2) is 46.5 Å². The van der Waals surface area contributed by atoms with Gasteiger partial charge in [-0.15, -0.1) is 11.3 Å². The van der Waals surface area contributed by atoms with Crippen LogP contribution in [0, 0.1) is 0 Å². The minimum Gasteiger partial charge on any atom is -0.341 e. The zero-order valence-corrected chi connectivity index (χ0v) is 14.3. The molecule has 3 rings (SSSR count). The van der Waals surface area contributed by atoms with Crippen molar-refractivity contribution < 1.29 is 9.59 Å². The summed E-state index contributed by atoms with van der Waals surface area (Å²) in [4.78, 5) is 28.0. The van der Waals surface area contributed by atoms with Crippen LogP contribution < -0.4 is 16.0 Å². The molecule has 1 aromatic carbocycles. The quantitative estimate of drug-likeness (QED) is 0.662. The van der Waals surface area contributed by atoms with Crippen molar-refractivity contribution in [2.75, 3.05) is 17.7 Å². The molecule has 3 aromatic rings. The Hall–Kier alpha value is -2.71. The van der Waals surface area contributed by atoms with E-state index in [4.69, 9.17) is 0 Å². The molecule has 24 heavy (non-hydrogen) atoms. The number of nitrogens with zero attached hydrogens (tertiary/aromatic N) is 1. The van der Waals surface area contributed by atoms with Crippen LogP contribution in [0.25, 0.3) is 10.6 Å². The van der Waals surface area contributed by atoms with Crippen LogP contribution in [-0.2, 0) is 0 Å². The van der Waals surface area contributed by atoms with Crippen LogP contribution in [-0.4, -0.2) is 24.0 Å². The summed E-state index contributed by atoms with van der Waals surface area (Å²) < 4.78 is 0. The average Bonchev–Trinajstić information content (AvgIpc) is 3.26. The number of hydrogen-bond donors (Lipinski definition) is 3. The van der Waals surface area contributed by atoms with Crippen molar-refractivity contribution in [3.63, 3.8) is 0 Å². The van der Waals surface area contributed by atoms with Gasteiger partial charge in [-0.2, -0.15) is 11.3 Å². The number of amides is 3. The molecule has 0 aliphatic carbocycles. The Bertz CT molecular complexity index is 859. The molecule has 0 unspecified atom stereocenters. The van der Waals surface area contributed by atoms with Crippen LogP contribution in [0.5, 0.6) is 0 Å². The number of aromatic nitrogens is 1. The number of rotatable bonds is 4. The third-order valence-corrected chi connectivity index (χ3v) is 4.68. The van der Waals surface area contributed by atoms with Gasteiger partial charge in [0.2, 0.25) is 0 Å². The normalized spacial score (nSPS) is 10.2. The first-order valence-corrected chi connectivity index (χ1v) is 8.86. The number of carbonyl (C=O) groups excluding carboxylic acids is 2. The first-order valence-electron chi connectivity index (χ1n) is 7.04. The average molecular weight is 358 g/mol. The lowest BCUT2D eigenvalue weighted by Crippen LogP contribution is -2.24. The number of anilines is 2. The summed E-state index contributed by atoms with van der Waals surface area (Å²) in [6.07, 6.45) is 0. The van der Waals surface area contributed by atoms with Gasteiger partial charge in [-0.3, -0.25) is 4.79 Å². The van der Waals surface area contributed by atoms with E-state index in [9.17, 15) is 9.59 Å². The van der Waals surface area contributed by atoms with Crippen molar-refractivity contribution in [1.29, 1.82) is 0 Å². The highest BCUT2D eigenvalue weighted by Crippen LogP contribution is 2.26. The smallest absolute Gasteiger partial charge is 0.318 e. The molecule has 0 atom stereocenters. The lowest BCUT2D eigenvalue weighted by atomic mass is 10.2. The Balaban J connectivity index is 1.71. The Morgan fingerprint density at radius 2 is 1.88 bits per heavy atom. The Kier molecular flexibility index (Phi) is 4.88. The van der Waals surface area contributed by atoms with Gasteiger partial charge in [0.05, 0.1) is 0 Å². The summed E-state index contributed by atoms with van der Waals surface area (Å²) in [7, 11) is 1.54.